The molecule has 120 valence electrons. The van der Waals surface area contributed by atoms with Crippen LogP contribution in [0.5, 0.6) is 0 Å². The minimum atomic E-state index is -1.32. The summed E-state index contributed by atoms with van der Waals surface area (Å²) >= 11 is 5.94. The number of fused-ring (bicyclic) bond motifs is 1. The van der Waals surface area contributed by atoms with Crippen molar-refractivity contribution in [2.75, 3.05) is 25.6 Å². The maximum atomic E-state index is 10.1. The number of hydrogen-bond donors (Lipinski definition) is 3. The maximum absolute atomic E-state index is 10.1. The minimum absolute atomic E-state index is 0.0313. The highest BCUT2D eigenvalue weighted by atomic mass is 35.5. The Kier molecular flexibility index (Phi) is 3.91. The number of aliphatic hydroxyl groups excluding tert-OH is 3. The van der Waals surface area contributed by atoms with Crippen LogP contribution in [0.25, 0.3) is 11.2 Å². The number of rotatable bonds is 2. The highest BCUT2D eigenvalue weighted by Crippen LogP contribution is 2.29. The van der Waals surface area contributed by atoms with Gasteiger partial charge < -0.3 is 25.0 Å². The maximum Gasteiger partial charge on any atom is 0.226 e. The summed E-state index contributed by atoms with van der Waals surface area (Å²) in [6.45, 7) is -0.109. The van der Waals surface area contributed by atoms with Crippen molar-refractivity contribution >= 4 is 28.6 Å². The van der Waals surface area contributed by atoms with E-state index >= 15 is 0 Å². The van der Waals surface area contributed by atoms with Gasteiger partial charge >= 0.3 is 0 Å². The summed E-state index contributed by atoms with van der Waals surface area (Å²) in [4.78, 5) is 14.2. The van der Waals surface area contributed by atoms with E-state index in [1.165, 1.54) is 10.9 Å². The van der Waals surface area contributed by atoms with E-state index in [1.54, 1.807) is 19.0 Å². The van der Waals surface area contributed by atoms with Crippen LogP contribution in [0.3, 0.4) is 0 Å². The lowest BCUT2D eigenvalue weighted by molar-refractivity contribution is -0.210. The number of aromatic nitrogens is 4. The highest BCUT2D eigenvalue weighted by molar-refractivity contribution is 6.28. The van der Waals surface area contributed by atoms with Gasteiger partial charge in [-0.25, -0.2) is 4.98 Å². The van der Waals surface area contributed by atoms with Gasteiger partial charge in [0.2, 0.25) is 5.28 Å². The number of nitrogens with zero attached hydrogens (tertiary/aromatic N) is 5. The van der Waals surface area contributed by atoms with E-state index in [2.05, 4.69) is 15.0 Å². The molecule has 1 fully saturated rings. The van der Waals surface area contributed by atoms with E-state index in [4.69, 9.17) is 16.3 Å². The minimum Gasteiger partial charge on any atom is -0.388 e. The molecule has 9 nitrogen and oxygen atoms in total. The van der Waals surface area contributed by atoms with Gasteiger partial charge in [0.1, 0.15) is 18.3 Å². The Morgan fingerprint density at radius 3 is 2.68 bits per heavy atom. The zero-order valence-corrected chi connectivity index (χ0v) is 12.7. The molecular weight excluding hydrogens is 314 g/mol. The van der Waals surface area contributed by atoms with Gasteiger partial charge in [0.15, 0.2) is 23.2 Å². The first kappa shape index (κ1) is 15.4. The van der Waals surface area contributed by atoms with Gasteiger partial charge in [0, 0.05) is 14.1 Å². The van der Waals surface area contributed by atoms with Crippen LogP contribution in [-0.2, 0) is 4.74 Å². The van der Waals surface area contributed by atoms with Gasteiger partial charge in [-0.05, 0) is 11.6 Å². The van der Waals surface area contributed by atoms with Crippen molar-refractivity contribution in [1.29, 1.82) is 0 Å². The monoisotopic (exact) mass is 329 g/mol. The number of anilines is 1. The number of aliphatic hydroxyl groups is 3. The lowest BCUT2D eigenvalue weighted by atomic mass is 10.0. The van der Waals surface area contributed by atoms with Crippen molar-refractivity contribution < 1.29 is 20.1 Å². The quantitative estimate of drug-likeness (QED) is 0.610. The lowest BCUT2D eigenvalue weighted by Crippen LogP contribution is -2.50. The van der Waals surface area contributed by atoms with E-state index in [-0.39, 0.29) is 11.9 Å². The van der Waals surface area contributed by atoms with Crippen LogP contribution in [0.2, 0.25) is 5.28 Å². The number of hydrogen-bond acceptors (Lipinski definition) is 8. The summed E-state index contributed by atoms with van der Waals surface area (Å²) in [5.74, 6) is 0.527. The lowest BCUT2D eigenvalue weighted by Gasteiger charge is -2.35. The van der Waals surface area contributed by atoms with Crippen LogP contribution in [0.4, 0.5) is 5.82 Å². The van der Waals surface area contributed by atoms with Crippen molar-refractivity contribution in [2.45, 2.75) is 24.5 Å². The molecule has 0 spiro atoms. The summed E-state index contributed by atoms with van der Waals surface area (Å²) < 4.78 is 6.88. The standard InChI is InChI=1S/C12H16ClN5O4/c1-17(2)9-6-10(16-12(13)15-9)18(4-14-6)11-8(21)7(20)5(19)3-22-11/h4-5,7-8,11,19-21H,3H2,1-2H3/t5-,7-,8+,11-/m1/s1. The summed E-state index contributed by atoms with van der Waals surface area (Å²) in [5.41, 5.74) is 0.863. The summed E-state index contributed by atoms with van der Waals surface area (Å²) in [7, 11) is 3.59. The molecule has 1 aliphatic heterocycles. The second kappa shape index (κ2) is 5.60. The van der Waals surface area contributed by atoms with Crippen LogP contribution in [0.15, 0.2) is 6.33 Å². The molecular formula is C12H16ClN5O4. The fourth-order valence-electron chi connectivity index (χ4n) is 2.41. The first-order valence-corrected chi connectivity index (χ1v) is 7.01. The molecule has 4 atom stereocenters. The summed E-state index contributed by atoms with van der Waals surface area (Å²) in [5, 5.41) is 29.5. The molecule has 0 amide bonds. The molecule has 0 saturated carbocycles. The summed E-state index contributed by atoms with van der Waals surface area (Å²) in [6, 6.07) is 0. The molecule has 2 aromatic rings. The van der Waals surface area contributed by atoms with E-state index < -0.39 is 24.5 Å². The molecule has 3 rings (SSSR count). The molecule has 10 heteroatoms. The first-order chi connectivity index (χ1) is 10.4. The Labute approximate surface area is 130 Å². The van der Waals surface area contributed by atoms with Crippen molar-refractivity contribution in [1.82, 2.24) is 19.5 Å². The second-order valence-corrected chi connectivity index (χ2v) is 5.65. The van der Waals surface area contributed by atoms with Crippen molar-refractivity contribution in [3.05, 3.63) is 11.6 Å². The Bertz CT molecular complexity index is 693. The second-order valence-electron chi connectivity index (χ2n) is 5.31. The van der Waals surface area contributed by atoms with Crippen molar-refractivity contribution in [2.24, 2.45) is 0 Å². The van der Waals surface area contributed by atoms with E-state index in [9.17, 15) is 15.3 Å². The highest BCUT2D eigenvalue weighted by Gasteiger charge is 2.39. The van der Waals surface area contributed by atoms with Crippen molar-refractivity contribution in [3.63, 3.8) is 0 Å². The molecule has 0 aromatic carbocycles. The van der Waals surface area contributed by atoms with E-state index in [0.29, 0.717) is 17.0 Å². The average molecular weight is 330 g/mol. The van der Waals surface area contributed by atoms with Gasteiger partial charge in [0.25, 0.3) is 0 Å². The van der Waals surface area contributed by atoms with Gasteiger partial charge in [-0.3, -0.25) is 4.57 Å². The SMILES string of the molecule is CN(C)c1nc(Cl)nc2c1ncn2[C@@H]1OC[C@@H](O)[C@@H](O)[C@@H]1O. The molecule has 0 radical (unpaired) electrons. The molecule has 22 heavy (non-hydrogen) atoms. The predicted octanol–water partition coefficient (Wildman–Crippen LogP) is -0.843. The fourth-order valence-corrected chi connectivity index (χ4v) is 2.57. The molecule has 3 N–H and O–H groups in total. The zero-order chi connectivity index (χ0) is 16.0. The van der Waals surface area contributed by atoms with Crippen LogP contribution in [0, 0.1) is 0 Å². The predicted molar refractivity (Wildman–Crippen MR) is 77.7 cm³/mol. The summed E-state index contributed by atoms with van der Waals surface area (Å²) in [6.07, 6.45) is -3.28. The molecule has 0 unspecified atom stereocenters. The largest absolute Gasteiger partial charge is 0.388 e. The van der Waals surface area contributed by atoms with Gasteiger partial charge in [-0.15, -0.1) is 0 Å². The van der Waals surface area contributed by atoms with E-state index in [1.807, 2.05) is 0 Å². The first-order valence-electron chi connectivity index (χ1n) is 6.63. The van der Waals surface area contributed by atoms with Crippen LogP contribution >= 0.6 is 11.6 Å². The zero-order valence-electron chi connectivity index (χ0n) is 12.0. The number of imidazole rings is 1. The normalized spacial score (nSPS) is 29.0. The molecule has 0 aliphatic carbocycles. The molecule has 0 bridgehead atoms. The van der Waals surface area contributed by atoms with Gasteiger partial charge in [-0.1, -0.05) is 0 Å². The third-order valence-corrected chi connectivity index (χ3v) is 3.72. The Hall–Kier alpha value is -1.52. The molecule has 3 heterocycles. The van der Waals surface area contributed by atoms with Gasteiger partial charge in [-0.2, -0.15) is 9.97 Å². The van der Waals surface area contributed by atoms with Crippen molar-refractivity contribution in [3.8, 4) is 0 Å². The van der Waals surface area contributed by atoms with Crippen LogP contribution in [-0.4, -0.2) is 73.9 Å². The topological polar surface area (TPSA) is 117 Å². The molecule has 1 aliphatic rings. The van der Waals surface area contributed by atoms with Crippen LogP contribution < -0.4 is 4.90 Å². The number of halogens is 1. The molecule has 1 saturated heterocycles. The average Bonchev–Trinajstić information content (AvgIpc) is 2.87. The third-order valence-electron chi connectivity index (χ3n) is 3.55. The fraction of sp³-hybridized carbons (Fsp3) is 0.583. The Morgan fingerprint density at radius 2 is 2.00 bits per heavy atom. The molecule has 2 aromatic heterocycles. The number of ether oxygens (including phenoxy) is 1. The Balaban J connectivity index is 2.09. The smallest absolute Gasteiger partial charge is 0.226 e. The Morgan fingerprint density at radius 1 is 1.27 bits per heavy atom. The third kappa shape index (κ3) is 2.40. The van der Waals surface area contributed by atoms with Crippen LogP contribution in [0.1, 0.15) is 6.23 Å². The van der Waals surface area contributed by atoms with Gasteiger partial charge in [0.05, 0.1) is 12.9 Å². The van der Waals surface area contributed by atoms with E-state index in [0.717, 1.165) is 0 Å².